The van der Waals surface area contributed by atoms with Gasteiger partial charge in [0.2, 0.25) is 0 Å². The number of hydrogen-bond acceptors (Lipinski definition) is 2. The van der Waals surface area contributed by atoms with Crippen molar-refractivity contribution in [3.05, 3.63) is 0 Å². The maximum atomic E-state index is 10.2. The number of carbonyl (C=O) groups is 1. The Morgan fingerprint density at radius 1 is 1.86 bits per heavy atom. The minimum atomic E-state index is -0.221. The van der Waals surface area contributed by atoms with Crippen molar-refractivity contribution in [3.63, 3.8) is 0 Å². The summed E-state index contributed by atoms with van der Waals surface area (Å²) in [5.74, 6) is 0.0509. The zero-order valence-electron chi connectivity index (χ0n) is 4.36. The van der Waals surface area contributed by atoms with Gasteiger partial charge in [-0.05, 0) is 25.6 Å². The highest BCUT2D eigenvalue weighted by atomic mass is 35.5. The second-order valence-electron chi connectivity index (χ2n) is 1.44. The summed E-state index contributed by atoms with van der Waals surface area (Å²) in [7, 11) is 0. The number of Topliss-reactive ketones (excluding diaryl/α,β-unsaturated/α-hetero) is 1. The first-order valence-electron chi connectivity index (χ1n) is 2.05. The van der Waals surface area contributed by atoms with Crippen LogP contribution in [0, 0.1) is 0 Å². The third-order valence-corrected chi connectivity index (χ3v) is 1.10. The maximum Gasteiger partial charge on any atom is 0.147 e. The van der Waals surface area contributed by atoms with Crippen LogP contribution in [-0.2, 0) is 4.79 Å². The number of halogens is 1. The van der Waals surface area contributed by atoms with Gasteiger partial charge in [0.15, 0.2) is 0 Å². The summed E-state index contributed by atoms with van der Waals surface area (Å²) in [5.41, 5.74) is 0. The third kappa shape index (κ3) is 2.60. The predicted molar refractivity (Wildman–Crippen MR) is 29.1 cm³/mol. The summed E-state index contributed by atoms with van der Waals surface area (Å²) < 4.78 is 0. The molecule has 42 valence electrons. The van der Waals surface area contributed by atoms with Crippen molar-refractivity contribution in [2.75, 3.05) is 0 Å². The molecule has 0 aliphatic carbocycles. The molecule has 0 fully saturated rings. The topological polar surface area (TPSA) is 29.1 Å². The lowest BCUT2D eigenvalue weighted by atomic mass is 10.3. The average molecular weight is 122 g/mol. The van der Waals surface area contributed by atoms with Gasteiger partial charge >= 0.3 is 0 Å². The predicted octanol–water partition coefficient (Wildman–Crippen LogP) is 0.707. The van der Waals surface area contributed by atoms with Crippen molar-refractivity contribution in [1.82, 2.24) is 4.84 Å². The molecular formula is C4H8ClNO. The lowest BCUT2D eigenvalue weighted by Gasteiger charge is -1.98. The molecular weight excluding hydrogens is 114 g/mol. The molecule has 3 heteroatoms. The maximum absolute atomic E-state index is 10.2. The van der Waals surface area contributed by atoms with E-state index in [-0.39, 0.29) is 11.8 Å². The van der Waals surface area contributed by atoms with Crippen LogP contribution in [0.3, 0.4) is 0 Å². The summed E-state index contributed by atoms with van der Waals surface area (Å²) in [6, 6.07) is -0.221. The SMILES string of the molecule is CC(=O)[C@H](C)NCl. The fourth-order valence-electron chi connectivity index (χ4n) is 0.0768. The van der Waals surface area contributed by atoms with Gasteiger partial charge < -0.3 is 0 Å². The van der Waals surface area contributed by atoms with Crippen molar-refractivity contribution in [3.8, 4) is 0 Å². The summed E-state index contributed by atoms with van der Waals surface area (Å²) in [5, 5.41) is 0. The Labute approximate surface area is 48.0 Å². The van der Waals surface area contributed by atoms with Gasteiger partial charge in [-0.1, -0.05) is 0 Å². The van der Waals surface area contributed by atoms with E-state index >= 15 is 0 Å². The van der Waals surface area contributed by atoms with E-state index in [2.05, 4.69) is 4.84 Å². The highest BCUT2D eigenvalue weighted by Crippen LogP contribution is 1.82. The van der Waals surface area contributed by atoms with Crippen LogP contribution in [0.1, 0.15) is 13.8 Å². The Balaban J connectivity index is 3.34. The van der Waals surface area contributed by atoms with Crippen molar-refractivity contribution in [2.45, 2.75) is 19.9 Å². The first-order valence-corrected chi connectivity index (χ1v) is 2.43. The van der Waals surface area contributed by atoms with Gasteiger partial charge in [0, 0.05) is 0 Å². The molecule has 0 aliphatic rings. The number of hydrogen-bond donors (Lipinski definition) is 1. The highest BCUT2D eigenvalue weighted by molar-refractivity contribution is 6.15. The first-order chi connectivity index (χ1) is 3.18. The third-order valence-electron chi connectivity index (χ3n) is 0.773. The molecule has 0 aromatic carbocycles. The number of nitrogens with one attached hydrogen (secondary N) is 1. The molecule has 0 saturated carbocycles. The zero-order valence-corrected chi connectivity index (χ0v) is 5.12. The van der Waals surface area contributed by atoms with Crippen LogP contribution in [0.5, 0.6) is 0 Å². The van der Waals surface area contributed by atoms with Crippen LogP contribution in [0.15, 0.2) is 0 Å². The second-order valence-corrected chi connectivity index (χ2v) is 1.66. The van der Waals surface area contributed by atoms with E-state index in [1.54, 1.807) is 6.92 Å². The average Bonchev–Trinajstić information content (AvgIpc) is 1.65. The molecule has 0 spiro atoms. The highest BCUT2D eigenvalue weighted by Gasteiger charge is 2.01. The van der Waals surface area contributed by atoms with Gasteiger partial charge in [0.1, 0.15) is 5.78 Å². The molecule has 0 heterocycles. The van der Waals surface area contributed by atoms with Crippen LogP contribution in [0.4, 0.5) is 0 Å². The van der Waals surface area contributed by atoms with Crippen molar-refractivity contribution in [2.24, 2.45) is 0 Å². The monoisotopic (exact) mass is 121 g/mol. The van der Waals surface area contributed by atoms with E-state index in [0.717, 1.165) is 0 Å². The van der Waals surface area contributed by atoms with Gasteiger partial charge in [-0.3, -0.25) is 4.79 Å². The van der Waals surface area contributed by atoms with Gasteiger partial charge in [-0.25, -0.2) is 4.84 Å². The van der Waals surface area contributed by atoms with E-state index in [1.807, 2.05) is 0 Å². The van der Waals surface area contributed by atoms with E-state index in [9.17, 15) is 4.79 Å². The summed E-state index contributed by atoms with van der Waals surface area (Å²) in [6.07, 6.45) is 0. The van der Waals surface area contributed by atoms with Crippen LogP contribution in [0.25, 0.3) is 0 Å². The fourth-order valence-corrected chi connectivity index (χ4v) is 0.230. The quantitative estimate of drug-likeness (QED) is 0.545. The zero-order chi connectivity index (χ0) is 5.86. The Kier molecular flexibility index (Phi) is 2.96. The molecule has 0 aliphatic heterocycles. The Bertz CT molecular complexity index is 74.1. The molecule has 0 bridgehead atoms. The lowest BCUT2D eigenvalue weighted by molar-refractivity contribution is -0.118. The Hall–Kier alpha value is -0.0800. The van der Waals surface area contributed by atoms with Gasteiger partial charge in [0.25, 0.3) is 0 Å². The normalized spacial score (nSPS) is 13.6. The summed E-state index contributed by atoms with van der Waals surface area (Å²) >= 11 is 5.08. The molecule has 0 saturated heterocycles. The van der Waals surface area contributed by atoms with E-state index in [1.165, 1.54) is 6.92 Å². The standard InChI is InChI=1S/C4H8ClNO/c1-3(6-5)4(2)7/h3,6H,1-2H3/t3-/m0/s1. The molecule has 0 radical (unpaired) electrons. The first kappa shape index (κ1) is 6.92. The van der Waals surface area contributed by atoms with Crippen molar-refractivity contribution in [1.29, 1.82) is 0 Å². The molecule has 0 amide bonds. The number of rotatable bonds is 2. The van der Waals surface area contributed by atoms with Gasteiger partial charge in [-0.2, -0.15) is 0 Å². The second kappa shape index (κ2) is 2.99. The minimum Gasteiger partial charge on any atom is -0.298 e. The van der Waals surface area contributed by atoms with Crippen molar-refractivity contribution >= 4 is 17.6 Å². The van der Waals surface area contributed by atoms with Crippen LogP contribution >= 0.6 is 11.8 Å². The Morgan fingerprint density at radius 3 is 2.29 bits per heavy atom. The van der Waals surface area contributed by atoms with Gasteiger partial charge in [-0.15, -0.1) is 0 Å². The van der Waals surface area contributed by atoms with Crippen molar-refractivity contribution < 1.29 is 4.79 Å². The molecule has 0 unspecified atom stereocenters. The van der Waals surface area contributed by atoms with E-state index in [0.29, 0.717) is 0 Å². The molecule has 2 nitrogen and oxygen atoms in total. The van der Waals surface area contributed by atoms with E-state index in [4.69, 9.17) is 11.8 Å². The molecule has 0 rings (SSSR count). The van der Waals surface area contributed by atoms with Crippen LogP contribution in [-0.4, -0.2) is 11.8 Å². The smallest absolute Gasteiger partial charge is 0.147 e. The van der Waals surface area contributed by atoms with Crippen LogP contribution in [0.2, 0.25) is 0 Å². The van der Waals surface area contributed by atoms with Gasteiger partial charge in [0.05, 0.1) is 6.04 Å². The minimum absolute atomic E-state index is 0.0509. The summed E-state index contributed by atoms with van der Waals surface area (Å²) in [6.45, 7) is 3.19. The largest absolute Gasteiger partial charge is 0.298 e. The molecule has 1 N–H and O–H groups in total. The number of ketones is 1. The Morgan fingerprint density at radius 2 is 2.29 bits per heavy atom. The number of carbonyl (C=O) groups excluding carboxylic acids is 1. The van der Waals surface area contributed by atoms with Crippen LogP contribution < -0.4 is 4.84 Å². The molecule has 0 aromatic heterocycles. The molecule has 1 atom stereocenters. The lowest BCUT2D eigenvalue weighted by Crippen LogP contribution is -2.24. The van der Waals surface area contributed by atoms with E-state index < -0.39 is 0 Å². The summed E-state index contributed by atoms with van der Waals surface area (Å²) in [4.78, 5) is 12.5. The fraction of sp³-hybridized carbons (Fsp3) is 0.750. The molecule has 7 heavy (non-hydrogen) atoms. The molecule has 0 aromatic rings.